The first-order chi connectivity index (χ1) is 11.8. The molecule has 1 aromatic carbocycles. The number of nitrogens with zero attached hydrogens (tertiary/aromatic N) is 1. The Morgan fingerprint density at radius 3 is 2.44 bits per heavy atom. The van der Waals surface area contributed by atoms with Gasteiger partial charge in [0.25, 0.3) is 5.91 Å². The molecule has 0 spiro atoms. The molecule has 0 aliphatic carbocycles. The number of likely N-dealkylation sites (N-methyl/N-ethyl adjacent to an activating group) is 1. The van der Waals surface area contributed by atoms with Crippen LogP contribution in [0.2, 0.25) is 0 Å². The fourth-order valence-electron chi connectivity index (χ4n) is 2.28. The summed E-state index contributed by atoms with van der Waals surface area (Å²) in [5.41, 5.74) is 4.39. The van der Waals surface area contributed by atoms with Crippen molar-refractivity contribution in [3.63, 3.8) is 0 Å². The van der Waals surface area contributed by atoms with Crippen molar-refractivity contribution in [1.29, 1.82) is 0 Å². The molecule has 7 nitrogen and oxygen atoms in total. The van der Waals surface area contributed by atoms with Crippen LogP contribution in [0.1, 0.15) is 20.8 Å². The van der Waals surface area contributed by atoms with E-state index in [4.69, 9.17) is 9.94 Å². The SMILES string of the molecule is CC=C=CCOc1ccc(S(=O)(=O)N(C)C(C(=O)NO)C(C)C)cc1. The lowest BCUT2D eigenvalue weighted by atomic mass is 10.0. The molecule has 0 saturated heterocycles. The summed E-state index contributed by atoms with van der Waals surface area (Å²) in [5, 5.41) is 8.85. The number of amides is 1. The van der Waals surface area contributed by atoms with Gasteiger partial charge in [-0.2, -0.15) is 4.31 Å². The Morgan fingerprint density at radius 1 is 1.36 bits per heavy atom. The summed E-state index contributed by atoms with van der Waals surface area (Å²) >= 11 is 0. The topological polar surface area (TPSA) is 95.9 Å². The minimum atomic E-state index is -3.90. The van der Waals surface area contributed by atoms with E-state index in [-0.39, 0.29) is 10.8 Å². The maximum atomic E-state index is 12.7. The summed E-state index contributed by atoms with van der Waals surface area (Å²) in [5.74, 6) is -0.589. The largest absolute Gasteiger partial charge is 0.489 e. The molecule has 0 radical (unpaired) electrons. The highest BCUT2D eigenvalue weighted by molar-refractivity contribution is 7.89. The van der Waals surface area contributed by atoms with Gasteiger partial charge in [-0.1, -0.05) is 13.8 Å². The number of hydrogen-bond donors (Lipinski definition) is 2. The summed E-state index contributed by atoms with van der Waals surface area (Å²) in [6, 6.07) is 4.88. The van der Waals surface area contributed by atoms with Crippen molar-refractivity contribution >= 4 is 15.9 Å². The molecule has 0 aliphatic heterocycles. The third kappa shape index (κ3) is 5.44. The number of nitrogens with one attached hydrogen (secondary N) is 1. The van der Waals surface area contributed by atoms with Crippen LogP contribution in [0, 0.1) is 5.92 Å². The Hall–Kier alpha value is -2.12. The molecule has 1 rings (SSSR count). The van der Waals surface area contributed by atoms with Crippen molar-refractivity contribution in [1.82, 2.24) is 9.79 Å². The molecular formula is C17H24N2O5S. The van der Waals surface area contributed by atoms with Crippen molar-refractivity contribution < 1.29 is 23.2 Å². The lowest BCUT2D eigenvalue weighted by molar-refractivity contribution is -0.134. The lowest BCUT2D eigenvalue weighted by Gasteiger charge is -2.28. The van der Waals surface area contributed by atoms with E-state index in [1.807, 2.05) is 6.92 Å². The summed E-state index contributed by atoms with van der Waals surface area (Å²) in [4.78, 5) is 11.8. The minimum Gasteiger partial charge on any atom is -0.489 e. The number of carbonyl (C=O) groups excluding carboxylic acids is 1. The highest BCUT2D eigenvalue weighted by Gasteiger charge is 2.34. The van der Waals surface area contributed by atoms with E-state index in [2.05, 4.69) is 5.73 Å². The number of hydroxylamine groups is 1. The van der Waals surface area contributed by atoms with Crippen LogP contribution in [-0.2, 0) is 14.8 Å². The number of carbonyl (C=O) groups is 1. The third-order valence-electron chi connectivity index (χ3n) is 3.52. The van der Waals surface area contributed by atoms with Crippen molar-refractivity contribution in [3.05, 3.63) is 42.1 Å². The Morgan fingerprint density at radius 2 is 1.96 bits per heavy atom. The van der Waals surface area contributed by atoms with Gasteiger partial charge < -0.3 is 4.74 Å². The second-order valence-corrected chi connectivity index (χ2v) is 7.63. The molecule has 138 valence electrons. The van der Waals surface area contributed by atoms with E-state index in [0.717, 1.165) is 4.31 Å². The molecule has 0 aromatic heterocycles. The van der Waals surface area contributed by atoms with Crippen LogP contribution in [0.15, 0.2) is 47.0 Å². The molecule has 1 amide bonds. The van der Waals surface area contributed by atoms with Gasteiger partial charge in [-0.3, -0.25) is 10.0 Å². The molecule has 1 unspecified atom stereocenters. The van der Waals surface area contributed by atoms with Crippen LogP contribution in [-0.4, -0.2) is 43.5 Å². The van der Waals surface area contributed by atoms with E-state index < -0.39 is 22.0 Å². The standard InChI is InChI=1S/C17H24N2O5S/c1-5-6-7-12-24-14-8-10-15(11-9-14)25(22,23)19(4)16(13(2)3)17(20)18-21/h5,7-11,13,16,21H,12H2,1-4H3,(H,18,20). The van der Waals surface area contributed by atoms with Crippen LogP contribution in [0.25, 0.3) is 0 Å². The quantitative estimate of drug-likeness (QED) is 0.415. The van der Waals surface area contributed by atoms with Crippen LogP contribution in [0.4, 0.5) is 0 Å². The van der Waals surface area contributed by atoms with E-state index in [1.54, 1.807) is 38.1 Å². The van der Waals surface area contributed by atoms with Crippen molar-refractivity contribution in [2.75, 3.05) is 13.7 Å². The van der Waals surface area contributed by atoms with Gasteiger partial charge in [0.15, 0.2) is 0 Å². The fraction of sp³-hybridized carbons (Fsp3) is 0.412. The molecule has 8 heteroatoms. The van der Waals surface area contributed by atoms with E-state index in [1.165, 1.54) is 24.7 Å². The van der Waals surface area contributed by atoms with Crippen LogP contribution >= 0.6 is 0 Å². The summed E-state index contributed by atoms with van der Waals surface area (Å²) in [6.07, 6.45) is 3.46. The molecule has 0 saturated carbocycles. The van der Waals surface area contributed by atoms with Crippen LogP contribution in [0.3, 0.4) is 0 Å². The van der Waals surface area contributed by atoms with Gasteiger partial charge >= 0.3 is 0 Å². The van der Waals surface area contributed by atoms with Gasteiger partial charge in [0, 0.05) is 7.05 Å². The Balaban J connectivity index is 3.00. The summed E-state index contributed by atoms with van der Waals surface area (Å²) in [6.45, 7) is 5.55. The third-order valence-corrected chi connectivity index (χ3v) is 5.37. The summed E-state index contributed by atoms with van der Waals surface area (Å²) < 4.78 is 31.8. The fourth-order valence-corrected chi connectivity index (χ4v) is 3.73. The molecule has 0 bridgehead atoms. The maximum absolute atomic E-state index is 12.7. The number of benzene rings is 1. The van der Waals surface area contributed by atoms with Gasteiger partial charge in [0.05, 0.1) is 4.90 Å². The molecule has 2 N–H and O–H groups in total. The van der Waals surface area contributed by atoms with Crippen molar-refractivity contribution in [2.24, 2.45) is 5.92 Å². The molecular weight excluding hydrogens is 344 g/mol. The number of rotatable bonds is 8. The lowest BCUT2D eigenvalue weighted by Crippen LogP contribution is -2.49. The molecule has 1 atom stereocenters. The molecule has 1 aromatic rings. The number of ether oxygens (including phenoxy) is 1. The zero-order valence-corrected chi connectivity index (χ0v) is 15.6. The van der Waals surface area contributed by atoms with Gasteiger partial charge in [0.2, 0.25) is 10.0 Å². The van der Waals surface area contributed by atoms with Gasteiger partial charge in [-0.05, 0) is 49.3 Å². The molecule has 25 heavy (non-hydrogen) atoms. The second-order valence-electron chi connectivity index (χ2n) is 5.63. The van der Waals surface area contributed by atoms with E-state index in [9.17, 15) is 13.2 Å². The monoisotopic (exact) mass is 368 g/mol. The average Bonchev–Trinajstić information content (AvgIpc) is 2.58. The van der Waals surface area contributed by atoms with E-state index in [0.29, 0.717) is 12.4 Å². The zero-order valence-electron chi connectivity index (χ0n) is 14.8. The highest BCUT2D eigenvalue weighted by Crippen LogP contribution is 2.22. The van der Waals surface area contributed by atoms with Gasteiger partial charge in [-0.25, -0.2) is 13.9 Å². The molecule has 0 heterocycles. The highest BCUT2D eigenvalue weighted by atomic mass is 32.2. The van der Waals surface area contributed by atoms with Crippen molar-refractivity contribution in [3.8, 4) is 5.75 Å². The maximum Gasteiger partial charge on any atom is 0.262 e. The first-order valence-electron chi connectivity index (χ1n) is 7.76. The smallest absolute Gasteiger partial charge is 0.262 e. The number of hydrogen-bond acceptors (Lipinski definition) is 5. The van der Waals surface area contributed by atoms with E-state index >= 15 is 0 Å². The van der Waals surface area contributed by atoms with Crippen LogP contribution in [0.5, 0.6) is 5.75 Å². The Kier molecular flexibility index (Phi) is 7.86. The minimum absolute atomic E-state index is 0.0303. The zero-order chi connectivity index (χ0) is 19.0. The first-order valence-corrected chi connectivity index (χ1v) is 9.20. The molecule has 0 aliphatic rings. The first kappa shape index (κ1) is 20.9. The predicted molar refractivity (Wildman–Crippen MR) is 93.8 cm³/mol. The number of sulfonamides is 1. The Labute approximate surface area is 148 Å². The summed E-state index contributed by atoms with van der Waals surface area (Å²) in [7, 11) is -2.60. The average molecular weight is 368 g/mol. The van der Waals surface area contributed by atoms with Crippen LogP contribution < -0.4 is 10.2 Å². The van der Waals surface area contributed by atoms with Gasteiger partial charge in [0.1, 0.15) is 18.4 Å². The van der Waals surface area contributed by atoms with Gasteiger partial charge in [-0.15, -0.1) is 5.73 Å². The normalized spacial score (nSPS) is 12.4. The van der Waals surface area contributed by atoms with Crippen molar-refractivity contribution in [2.45, 2.75) is 31.7 Å². The molecule has 0 fully saturated rings. The Bertz CT molecular complexity index is 735. The predicted octanol–water partition coefficient (Wildman–Crippen LogP) is 1.95. The second kappa shape index (κ2) is 9.39.